The summed E-state index contributed by atoms with van der Waals surface area (Å²) in [5, 5.41) is 7.06. The normalized spacial score (nSPS) is 12.3. The van der Waals surface area contributed by atoms with Gasteiger partial charge >= 0.3 is 0 Å². The van der Waals surface area contributed by atoms with Crippen LogP contribution in [-0.4, -0.2) is 25.1 Å². The maximum absolute atomic E-state index is 12.5. The van der Waals surface area contributed by atoms with Crippen molar-refractivity contribution in [2.45, 2.75) is 26.8 Å². The number of nitrogens with zero attached hydrogens (tertiary/aromatic N) is 4. The van der Waals surface area contributed by atoms with Crippen LogP contribution in [0.3, 0.4) is 0 Å². The molecule has 118 valence electrons. The lowest BCUT2D eigenvalue weighted by atomic mass is 10.2. The van der Waals surface area contributed by atoms with Gasteiger partial charge in [-0.2, -0.15) is 5.10 Å². The highest BCUT2D eigenvalue weighted by Crippen LogP contribution is 2.15. The number of carbonyl (C=O) groups is 1. The predicted molar refractivity (Wildman–Crippen MR) is 86.5 cm³/mol. The Hall–Kier alpha value is -2.96. The number of nitrogens with one attached hydrogen (secondary N) is 1. The number of aromatic nitrogens is 4. The Morgan fingerprint density at radius 3 is 2.74 bits per heavy atom. The van der Waals surface area contributed by atoms with Crippen LogP contribution in [0.2, 0.25) is 0 Å². The van der Waals surface area contributed by atoms with Crippen molar-refractivity contribution in [3.63, 3.8) is 0 Å². The summed E-state index contributed by atoms with van der Waals surface area (Å²) in [6, 6.07) is 6.74. The topological polar surface area (TPSA) is 81.3 Å². The Kier molecular flexibility index (Phi) is 3.69. The number of benzene rings is 1. The molecule has 0 radical (unpaired) electrons. The Morgan fingerprint density at radius 1 is 1.26 bits per heavy atom. The third-order valence-electron chi connectivity index (χ3n) is 3.82. The van der Waals surface area contributed by atoms with Crippen molar-refractivity contribution < 1.29 is 4.79 Å². The molecule has 0 aliphatic heterocycles. The maximum atomic E-state index is 12.5. The first kappa shape index (κ1) is 15.0. The number of fused-ring (bicyclic) bond motifs is 1. The third-order valence-corrected chi connectivity index (χ3v) is 3.82. The molecule has 7 heteroatoms. The molecule has 1 aromatic carbocycles. The van der Waals surface area contributed by atoms with Crippen LogP contribution in [0, 0.1) is 13.8 Å². The summed E-state index contributed by atoms with van der Waals surface area (Å²) in [6.07, 6.45) is 3.00. The van der Waals surface area contributed by atoms with Crippen molar-refractivity contribution in [3.05, 3.63) is 58.5 Å². The van der Waals surface area contributed by atoms with Crippen molar-refractivity contribution in [3.8, 4) is 0 Å². The first-order valence-corrected chi connectivity index (χ1v) is 7.27. The van der Waals surface area contributed by atoms with E-state index in [-0.39, 0.29) is 11.5 Å². The molecule has 3 aromatic rings. The highest BCUT2D eigenvalue weighted by atomic mass is 16.2. The minimum Gasteiger partial charge on any atom is -0.324 e. The van der Waals surface area contributed by atoms with Crippen LogP contribution < -0.4 is 10.9 Å². The largest absolute Gasteiger partial charge is 0.324 e. The van der Waals surface area contributed by atoms with Gasteiger partial charge in [-0.3, -0.25) is 14.0 Å². The number of rotatable bonds is 3. The number of hydrogen-bond acceptors (Lipinski definition) is 4. The molecule has 0 aliphatic carbocycles. The first-order valence-electron chi connectivity index (χ1n) is 7.27. The Bertz CT molecular complexity index is 941. The molecule has 23 heavy (non-hydrogen) atoms. The average molecular weight is 311 g/mol. The van der Waals surface area contributed by atoms with Crippen LogP contribution in [0.15, 0.2) is 41.6 Å². The van der Waals surface area contributed by atoms with Crippen molar-refractivity contribution in [1.82, 2.24) is 19.2 Å². The van der Waals surface area contributed by atoms with Gasteiger partial charge in [-0.05, 0) is 32.4 Å². The van der Waals surface area contributed by atoms with Gasteiger partial charge in [0.05, 0.1) is 6.20 Å². The van der Waals surface area contributed by atoms with Crippen LogP contribution in [0.4, 0.5) is 5.69 Å². The van der Waals surface area contributed by atoms with E-state index in [1.807, 2.05) is 31.2 Å². The predicted octanol–water partition coefficient (Wildman–Crippen LogP) is 1.71. The highest BCUT2D eigenvalue weighted by Gasteiger charge is 2.20. The van der Waals surface area contributed by atoms with E-state index in [2.05, 4.69) is 15.4 Å². The number of carbonyl (C=O) groups excluding carboxylic acids is 1. The summed E-state index contributed by atoms with van der Waals surface area (Å²) in [5.41, 5.74) is 1.73. The molecule has 2 aromatic heterocycles. The first-order chi connectivity index (χ1) is 11.0. The molecule has 1 amide bonds. The molecule has 0 saturated heterocycles. The summed E-state index contributed by atoms with van der Waals surface area (Å²) in [7, 11) is 0. The maximum Gasteiger partial charge on any atom is 0.293 e. The molecule has 0 spiro atoms. The number of imidazole rings is 1. The molecule has 0 bridgehead atoms. The highest BCUT2D eigenvalue weighted by molar-refractivity contribution is 5.94. The Balaban J connectivity index is 1.95. The van der Waals surface area contributed by atoms with Gasteiger partial charge in [-0.15, -0.1) is 0 Å². The lowest BCUT2D eigenvalue weighted by molar-refractivity contribution is -0.119. The van der Waals surface area contributed by atoms with E-state index in [0.29, 0.717) is 11.3 Å². The molecular formula is C16H17N5O2. The van der Waals surface area contributed by atoms with Gasteiger partial charge in [0.15, 0.2) is 0 Å². The minimum absolute atomic E-state index is 0.294. The second kappa shape index (κ2) is 5.68. The van der Waals surface area contributed by atoms with Gasteiger partial charge in [0.1, 0.15) is 23.7 Å². The second-order valence-corrected chi connectivity index (χ2v) is 5.43. The van der Waals surface area contributed by atoms with Crippen molar-refractivity contribution >= 4 is 17.1 Å². The molecule has 1 N–H and O–H groups in total. The summed E-state index contributed by atoms with van der Waals surface area (Å²) in [4.78, 5) is 28.9. The standard InChI is InChI=1S/C16H17N5O2/c1-10-6-4-5-7-13(10)18-15(22)11(2)21-16(23)14-8-17-9-20(14)12(3)19-21/h4-9,11H,1-3H3,(H,18,22). The molecular weight excluding hydrogens is 294 g/mol. The average Bonchev–Trinajstić information content (AvgIpc) is 3.03. The molecule has 0 fully saturated rings. The van der Waals surface area contributed by atoms with E-state index in [0.717, 1.165) is 11.3 Å². The van der Waals surface area contributed by atoms with Gasteiger partial charge in [-0.1, -0.05) is 18.2 Å². The fourth-order valence-electron chi connectivity index (χ4n) is 2.40. The SMILES string of the molecule is Cc1ccccc1NC(=O)C(C)n1nc(C)n2cncc2c1=O. The lowest BCUT2D eigenvalue weighted by Crippen LogP contribution is -2.35. The van der Waals surface area contributed by atoms with Gasteiger partial charge < -0.3 is 5.32 Å². The summed E-state index contributed by atoms with van der Waals surface area (Å²) in [6.45, 7) is 5.32. The fourth-order valence-corrected chi connectivity index (χ4v) is 2.40. The van der Waals surface area contributed by atoms with Crippen LogP contribution >= 0.6 is 0 Å². The number of anilines is 1. The van der Waals surface area contributed by atoms with E-state index in [9.17, 15) is 9.59 Å². The molecule has 0 aliphatic rings. The summed E-state index contributed by atoms with van der Waals surface area (Å²) >= 11 is 0. The number of para-hydroxylation sites is 1. The van der Waals surface area contributed by atoms with Gasteiger partial charge in [-0.25, -0.2) is 9.67 Å². The zero-order valence-corrected chi connectivity index (χ0v) is 13.1. The zero-order chi connectivity index (χ0) is 16.6. The van der Waals surface area contributed by atoms with Crippen molar-refractivity contribution in [2.24, 2.45) is 0 Å². The van der Waals surface area contributed by atoms with Crippen LogP contribution in [0.25, 0.3) is 5.52 Å². The number of amides is 1. The Labute approximate surface area is 132 Å². The zero-order valence-electron chi connectivity index (χ0n) is 13.1. The number of aryl methyl sites for hydroxylation is 2. The van der Waals surface area contributed by atoms with E-state index >= 15 is 0 Å². The van der Waals surface area contributed by atoms with Crippen molar-refractivity contribution in [2.75, 3.05) is 5.32 Å². The van der Waals surface area contributed by atoms with E-state index in [1.165, 1.54) is 17.2 Å². The fraction of sp³-hybridized carbons (Fsp3) is 0.250. The van der Waals surface area contributed by atoms with Crippen LogP contribution in [0.5, 0.6) is 0 Å². The van der Waals surface area contributed by atoms with Gasteiger partial charge in [0.2, 0.25) is 5.91 Å². The molecule has 7 nitrogen and oxygen atoms in total. The minimum atomic E-state index is -0.735. The summed E-state index contributed by atoms with van der Waals surface area (Å²) < 4.78 is 2.80. The monoisotopic (exact) mass is 311 g/mol. The molecule has 2 heterocycles. The van der Waals surface area contributed by atoms with E-state index in [1.54, 1.807) is 18.2 Å². The third kappa shape index (κ3) is 2.61. The summed E-state index contributed by atoms with van der Waals surface area (Å²) in [5.74, 6) is 0.296. The van der Waals surface area contributed by atoms with Gasteiger partial charge in [0.25, 0.3) is 5.56 Å². The Morgan fingerprint density at radius 2 is 2.00 bits per heavy atom. The van der Waals surface area contributed by atoms with E-state index in [4.69, 9.17) is 0 Å². The molecule has 0 saturated carbocycles. The second-order valence-electron chi connectivity index (χ2n) is 5.43. The van der Waals surface area contributed by atoms with Crippen LogP contribution in [-0.2, 0) is 4.79 Å². The molecule has 1 unspecified atom stereocenters. The van der Waals surface area contributed by atoms with Crippen molar-refractivity contribution in [1.29, 1.82) is 0 Å². The van der Waals surface area contributed by atoms with Crippen LogP contribution in [0.1, 0.15) is 24.4 Å². The molecule has 3 rings (SSSR count). The lowest BCUT2D eigenvalue weighted by Gasteiger charge is -2.16. The van der Waals surface area contributed by atoms with E-state index < -0.39 is 6.04 Å². The smallest absolute Gasteiger partial charge is 0.293 e. The number of hydrogen-bond donors (Lipinski definition) is 1. The van der Waals surface area contributed by atoms with Gasteiger partial charge in [0, 0.05) is 5.69 Å². The molecule has 1 atom stereocenters. The quantitative estimate of drug-likeness (QED) is 0.798.